The monoisotopic (exact) mass is 382 g/mol. The lowest BCUT2D eigenvalue weighted by Crippen LogP contribution is -2.23. The number of aromatic nitrogens is 4. The Balaban J connectivity index is 1.58. The number of anilines is 1. The number of carbonyl (C=O) groups is 1. The van der Waals surface area contributed by atoms with E-state index in [9.17, 15) is 18.8 Å². The molecule has 1 aliphatic rings. The number of benzene rings is 1. The Hall–Kier alpha value is -3.54. The van der Waals surface area contributed by atoms with E-state index in [1.54, 1.807) is 24.3 Å². The molecule has 0 aliphatic heterocycles. The minimum Gasteiger partial charge on any atom is -0.308 e. The molecule has 1 N–H and O–H groups in total. The largest absolute Gasteiger partial charge is 0.308 e. The van der Waals surface area contributed by atoms with Gasteiger partial charge in [0.2, 0.25) is 5.91 Å². The molecule has 0 spiro atoms. The second kappa shape index (κ2) is 7.23. The Morgan fingerprint density at radius 2 is 2.07 bits per heavy atom. The molecule has 9 heteroatoms. The van der Waals surface area contributed by atoms with Crippen LogP contribution in [0.25, 0.3) is 5.69 Å². The standard InChI is InChI=1S/C19H16F2N6O/c20-18(21)16-8-15(12-6-7-12)25-26(16)11-17(28)24-19-13(9-22)10-23-27(19)14-4-2-1-3-5-14/h1-5,8,10,12,18H,6-7,11H2,(H,24,28). The first-order valence-corrected chi connectivity index (χ1v) is 8.76. The lowest BCUT2D eigenvalue weighted by Gasteiger charge is -2.11. The van der Waals surface area contributed by atoms with Gasteiger partial charge in [-0.05, 0) is 31.0 Å². The first-order valence-electron chi connectivity index (χ1n) is 8.76. The number of rotatable bonds is 6. The van der Waals surface area contributed by atoms with Crippen LogP contribution >= 0.6 is 0 Å². The molecule has 0 saturated heterocycles. The molecule has 4 rings (SSSR count). The summed E-state index contributed by atoms with van der Waals surface area (Å²) in [5.74, 6) is -0.181. The molecule has 1 amide bonds. The van der Waals surface area contributed by atoms with E-state index < -0.39 is 12.3 Å². The summed E-state index contributed by atoms with van der Waals surface area (Å²) >= 11 is 0. The second-order valence-electron chi connectivity index (χ2n) is 6.54. The number of nitriles is 1. The Morgan fingerprint density at radius 3 is 2.71 bits per heavy atom. The number of alkyl halides is 2. The summed E-state index contributed by atoms with van der Waals surface area (Å²) in [5, 5.41) is 20.2. The molecule has 1 fully saturated rings. The summed E-state index contributed by atoms with van der Waals surface area (Å²) in [5.41, 5.74) is 1.14. The Morgan fingerprint density at radius 1 is 1.32 bits per heavy atom. The molecule has 142 valence electrons. The highest BCUT2D eigenvalue weighted by Gasteiger charge is 2.29. The predicted octanol–water partition coefficient (Wildman–Crippen LogP) is 3.39. The van der Waals surface area contributed by atoms with Crippen molar-refractivity contribution in [2.24, 2.45) is 0 Å². The highest BCUT2D eigenvalue weighted by atomic mass is 19.3. The fraction of sp³-hybridized carbons (Fsp3) is 0.263. The van der Waals surface area contributed by atoms with Gasteiger partial charge in [0.25, 0.3) is 6.43 Å². The third-order valence-electron chi connectivity index (χ3n) is 4.49. The van der Waals surface area contributed by atoms with E-state index in [1.807, 2.05) is 12.1 Å². The summed E-state index contributed by atoms with van der Waals surface area (Å²) in [6.07, 6.45) is 0.463. The molecule has 0 unspecified atom stereocenters. The summed E-state index contributed by atoms with van der Waals surface area (Å²) in [6, 6.07) is 12.3. The SMILES string of the molecule is N#Cc1cnn(-c2ccccc2)c1NC(=O)Cn1nc(C2CC2)cc1C(F)F. The first kappa shape index (κ1) is 17.9. The zero-order chi connectivity index (χ0) is 19.7. The molecule has 1 aliphatic carbocycles. The minimum absolute atomic E-state index is 0.172. The molecule has 2 heterocycles. The van der Waals surface area contributed by atoms with Crippen LogP contribution in [-0.4, -0.2) is 25.5 Å². The molecule has 7 nitrogen and oxygen atoms in total. The van der Waals surface area contributed by atoms with Crippen molar-refractivity contribution in [2.75, 3.05) is 5.32 Å². The van der Waals surface area contributed by atoms with Crippen LogP contribution in [0, 0.1) is 11.3 Å². The summed E-state index contributed by atoms with van der Waals surface area (Å²) in [7, 11) is 0. The predicted molar refractivity (Wildman–Crippen MR) is 96.1 cm³/mol. The molecular weight excluding hydrogens is 366 g/mol. The van der Waals surface area contributed by atoms with Crippen molar-refractivity contribution in [3.63, 3.8) is 0 Å². The summed E-state index contributed by atoms with van der Waals surface area (Å²) < 4.78 is 29.1. The van der Waals surface area contributed by atoms with Crippen molar-refractivity contribution in [1.29, 1.82) is 5.26 Å². The number of para-hydroxylation sites is 1. The fourth-order valence-corrected chi connectivity index (χ4v) is 2.96. The highest BCUT2D eigenvalue weighted by molar-refractivity contribution is 5.91. The van der Waals surface area contributed by atoms with E-state index in [-0.39, 0.29) is 29.5 Å². The number of hydrogen-bond acceptors (Lipinski definition) is 4. The highest BCUT2D eigenvalue weighted by Crippen LogP contribution is 2.40. The van der Waals surface area contributed by atoms with Gasteiger partial charge in [0.05, 0.1) is 17.6 Å². The Labute approximate surface area is 159 Å². The van der Waals surface area contributed by atoms with Gasteiger partial charge in [0, 0.05) is 5.92 Å². The number of nitrogens with one attached hydrogen (secondary N) is 1. The van der Waals surface area contributed by atoms with Crippen molar-refractivity contribution < 1.29 is 13.6 Å². The topological polar surface area (TPSA) is 88.5 Å². The van der Waals surface area contributed by atoms with Crippen LogP contribution in [0.5, 0.6) is 0 Å². The van der Waals surface area contributed by atoms with Gasteiger partial charge in [-0.1, -0.05) is 18.2 Å². The van der Waals surface area contributed by atoms with Crippen LogP contribution in [0.15, 0.2) is 42.6 Å². The van der Waals surface area contributed by atoms with Crippen LogP contribution in [-0.2, 0) is 11.3 Å². The number of amides is 1. The van der Waals surface area contributed by atoms with Crippen LogP contribution < -0.4 is 5.32 Å². The molecule has 2 aromatic heterocycles. The van der Waals surface area contributed by atoms with Gasteiger partial charge in [0.15, 0.2) is 5.82 Å². The van der Waals surface area contributed by atoms with Gasteiger partial charge in [-0.3, -0.25) is 9.48 Å². The second-order valence-corrected chi connectivity index (χ2v) is 6.54. The maximum absolute atomic E-state index is 13.3. The van der Waals surface area contributed by atoms with Gasteiger partial charge >= 0.3 is 0 Å². The molecule has 0 atom stereocenters. The summed E-state index contributed by atoms with van der Waals surface area (Å²) in [4.78, 5) is 12.5. The number of nitrogens with zero attached hydrogens (tertiary/aromatic N) is 5. The maximum atomic E-state index is 13.3. The van der Waals surface area contributed by atoms with Gasteiger partial charge in [0.1, 0.15) is 23.9 Å². The van der Waals surface area contributed by atoms with E-state index in [4.69, 9.17) is 0 Å². The van der Waals surface area contributed by atoms with Crippen LogP contribution in [0.2, 0.25) is 0 Å². The van der Waals surface area contributed by atoms with Crippen molar-refractivity contribution in [2.45, 2.75) is 31.7 Å². The van der Waals surface area contributed by atoms with Gasteiger partial charge in [-0.2, -0.15) is 15.5 Å². The van der Waals surface area contributed by atoms with E-state index in [1.165, 1.54) is 16.9 Å². The molecule has 0 radical (unpaired) electrons. The van der Waals surface area contributed by atoms with Crippen LogP contribution in [0.4, 0.5) is 14.6 Å². The third kappa shape index (κ3) is 3.49. The van der Waals surface area contributed by atoms with Crippen molar-refractivity contribution in [3.05, 3.63) is 59.5 Å². The molecule has 1 aromatic carbocycles. The molecule has 3 aromatic rings. The quantitative estimate of drug-likeness (QED) is 0.708. The molecular formula is C19H16F2N6O. The van der Waals surface area contributed by atoms with E-state index >= 15 is 0 Å². The van der Waals surface area contributed by atoms with Crippen molar-refractivity contribution in [3.8, 4) is 11.8 Å². The molecule has 28 heavy (non-hydrogen) atoms. The third-order valence-corrected chi connectivity index (χ3v) is 4.49. The van der Waals surface area contributed by atoms with E-state index in [0.29, 0.717) is 11.4 Å². The van der Waals surface area contributed by atoms with Crippen LogP contribution in [0.1, 0.15) is 42.1 Å². The van der Waals surface area contributed by atoms with E-state index in [0.717, 1.165) is 17.5 Å². The zero-order valence-electron chi connectivity index (χ0n) is 14.7. The molecule has 1 saturated carbocycles. The normalized spacial score (nSPS) is 13.5. The van der Waals surface area contributed by atoms with Gasteiger partial charge in [-0.25, -0.2) is 13.5 Å². The van der Waals surface area contributed by atoms with Crippen molar-refractivity contribution >= 4 is 11.7 Å². The van der Waals surface area contributed by atoms with Crippen molar-refractivity contribution in [1.82, 2.24) is 19.6 Å². The maximum Gasteiger partial charge on any atom is 0.280 e. The van der Waals surface area contributed by atoms with Gasteiger partial charge in [-0.15, -0.1) is 0 Å². The number of hydrogen-bond donors (Lipinski definition) is 1. The van der Waals surface area contributed by atoms with Crippen LogP contribution in [0.3, 0.4) is 0 Å². The molecule has 0 bridgehead atoms. The first-order chi connectivity index (χ1) is 13.6. The lowest BCUT2D eigenvalue weighted by molar-refractivity contribution is -0.117. The number of halogens is 2. The summed E-state index contributed by atoms with van der Waals surface area (Å²) in [6.45, 7) is -0.378. The Kier molecular flexibility index (Phi) is 4.61. The smallest absolute Gasteiger partial charge is 0.280 e. The lowest BCUT2D eigenvalue weighted by atomic mass is 10.3. The van der Waals surface area contributed by atoms with Gasteiger partial charge < -0.3 is 5.32 Å². The van der Waals surface area contributed by atoms with E-state index in [2.05, 4.69) is 15.5 Å². The average Bonchev–Trinajstić information content (AvgIpc) is 3.33. The zero-order valence-corrected chi connectivity index (χ0v) is 14.7. The average molecular weight is 382 g/mol. The minimum atomic E-state index is -2.72. The fourth-order valence-electron chi connectivity index (χ4n) is 2.96. The number of carbonyl (C=O) groups excluding carboxylic acids is 1. The Bertz CT molecular complexity index is 1050.